The number of benzene rings is 4. The van der Waals surface area contributed by atoms with Gasteiger partial charge in [0.1, 0.15) is 23.0 Å². The molecule has 0 radical (unpaired) electrons. The Morgan fingerprint density at radius 3 is 1.16 bits per heavy atom. The van der Waals surface area contributed by atoms with Gasteiger partial charge in [0.05, 0.1) is 0 Å². The monoisotopic (exact) mass is 635 g/mol. The predicted molar refractivity (Wildman–Crippen MR) is 149 cm³/mol. The average Bonchev–Trinajstić information content (AvgIpc) is 2.91. The Morgan fingerprint density at radius 2 is 0.842 bits per heavy atom. The summed E-state index contributed by atoms with van der Waals surface area (Å²) in [5.74, 6) is 1.62. The Morgan fingerprint density at radius 1 is 0.553 bits per heavy atom. The number of rotatable bonds is 12. The molecular weight excluding hydrogens is 612 g/mol. The summed E-state index contributed by atoms with van der Waals surface area (Å²) in [7, 11) is 1.95. The molecule has 203 valence electrons. The first-order chi connectivity index (χ1) is 18.4. The van der Waals surface area contributed by atoms with Gasteiger partial charge in [-0.3, -0.25) is 4.57 Å². The van der Waals surface area contributed by atoms with Gasteiger partial charge in [-0.05, 0) is 48.5 Å². The fourth-order valence-electron chi connectivity index (χ4n) is 3.12. The fourth-order valence-corrected chi connectivity index (χ4v) is 6.34. The zero-order valence-electron chi connectivity index (χ0n) is 20.0. The summed E-state index contributed by atoms with van der Waals surface area (Å²) < 4.78 is 50.5. The van der Waals surface area contributed by atoms with Gasteiger partial charge in [0, 0.05) is 6.16 Å². The van der Waals surface area contributed by atoms with E-state index in [9.17, 15) is 9.13 Å². The molecule has 4 aromatic carbocycles. The molecule has 0 N–H and O–H groups in total. The molecule has 38 heavy (non-hydrogen) atoms. The quantitative estimate of drug-likeness (QED) is 0.0876. The molecule has 0 aliphatic rings. The third-order valence-electron chi connectivity index (χ3n) is 4.68. The van der Waals surface area contributed by atoms with Crippen LogP contribution in [0.3, 0.4) is 0 Å². The zero-order chi connectivity index (χ0) is 27.1. The van der Waals surface area contributed by atoms with Crippen LogP contribution < -0.4 is 18.1 Å². The van der Waals surface area contributed by atoms with Crippen molar-refractivity contribution < 1.29 is 39.9 Å². The van der Waals surface area contributed by atoms with Crippen LogP contribution >= 0.6 is 35.6 Å². The maximum atomic E-state index is 13.7. The predicted octanol–water partition coefficient (Wildman–Crippen LogP) is 9.62. The van der Waals surface area contributed by atoms with Crippen molar-refractivity contribution in [2.24, 2.45) is 0 Å². The van der Waals surface area contributed by atoms with Crippen LogP contribution in [0.2, 0.25) is 0 Å². The molecule has 4 rings (SSSR count). The van der Waals surface area contributed by atoms with Crippen LogP contribution in [-0.4, -0.2) is 6.16 Å². The second-order valence-electron chi connectivity index (χ2n) is 7.51. The molecule has 0 aliphatic heterocycles. The maximum absolute atomic E-state index is 13.7. The van der Waals surface area contributed by atoms with Crippen molar-refractivity contribution in [1.82, 2.24) is 0 Å². The van der Waals surface area contributed by atoms with Crippen molar-refractivity contribution in [3.63, 3.8) is 0 Å². The fraction of sp³-hybridized carbons (Fsp3) is 0.0741. The molecule has 0 bridgehead atoms. The van der Waals surface area contributed by atoms with Gasteiger partial charge in [-0.25, -0.2) is 4.57 Å². The van der Waals surface area contributed by atoms with E-state index in [0.29, 0.717) is 35.7 Å². The summed E-state index contributed by atoms with van der Waals surface area (Å²) in [6, 6.07) is 35.1. The second kappa shape index (κ2) is 15.9. The van der Waals surface area contributed by atoms with Crippen molar-refractivity contribution in [3.8, 4) is 23.0 Å². The average molecular weight is 637 g/mol. The Bertz CT molecular complexity index is 1110. The summed E-state index contributed by atoms with van der Waals surface area (Å²) in [6.45, 7) is 0. The van der Waals surface area contributed by atoms with Gasteiger partial charge in [0.25, 0.3) is 7.60 Å². The van der Waals surface area contributed by atoms with Crippen LogP contribution in [-0.2, 0) is 21.8 Å². The van der Waals surface area contributed by atoms with Crippen LogP contribution in [0, 0.1) is 6.16 Å². The molecule has 0 aliphatic carbocycles. The van der Waals surface area contributed by atoms with Crippen LogP contribution in [0.4, 0.5) is 0 Å². The van der Waals surface area contributed by atoms with Gasteiger partial charge in [0.15, 0.2) is 0 Å². The first-order valence-corrected chi connectivity index (χ1v) is 17.3. The number of para-hydroxylation sites is 4. The molecule has 0 fully saturated rings. The van der Waals surface area contributed by atoms with E-state index in [0.717, 1.165) is 0 Å². The molecule has 0 amide bonds. The van der Waals surface area contributed by atoms with E-state index in [-0.39, 0.29) is 12.6 Å². The van der Waals surface area contributed by atoms with Crippen LogP contribution in [0.15, 0.2) is 121 Å². The molecule has 0 heterocycles. The summed E-state index contributed by atoms with van der Waals surface area (Å²) in [5, 5.41) is 0. The van der Waals surface area contributed by atoms with Crippen LogP contribution in [0.1, 0.15) is 6.42 Å². The molecule has 6 nitrogen and oxygen atoms in total. The van der Waals surface area contributed by atoms with Gasteiger partial charge in [-0.2, -0.15) is 12.6 Å². The Balaban J connectivity index is 0.00000127. The third-order valence-corrected chi connectivity index (χ3v) is 8.10. The minimum absolute atomic E-state index is 0.0446. The van der Waals surface area contributed by atoms with E-state index in [2.05, 4.69) is 0 Å². The van der Waals surface area contributed by atoms with Gasteiger partial charge in [0.2, 0.25) is 0 Å². The summed E-state index contributed by atoms with van der Waals surface area (Å²) >= 11 is 0.569. The third kappa shape index (κ3) is 10.8. The summed E-state index contributed by atoms with van der Waals surface area (Å²) in [5.41, 5.74) is 0. The van der Waals surface area contributed by atoms with Crippen molar-refractivity contribution in [2.75, 3.05) is 6.16 Å². The number of hydrogen-bond acceptors (Lipinski definition) is 6. The zero-order valence-corrected chi connectivity index (χ0v) is 24.2. The molecule has 0 unspecified atom stereocenters. The number of hydrogen-bond donors (Lipinski definition) is 0. The normalized spacial score (nSPS) is 11.1. The standard InChI is InChI=1S/C27H25O6P2.2ClH.Ni/c28-34(30-24-14-5-1-6-15-24,31-25-16-7-2-8-17-25)22-13-23-35(29,32-26-18-9-3-10-19-26)33-27-20-11-4-12-21-27;;;/h1-12,14-22H,13,23H2;2*1H;/q-1;;;+3/p-2. The van der Waals surface area contributed by atoms with E-state index < -0.39 is 15.2 Å². The van der Waals surface area contributed by atoms with E-state index in [1.165, 1.54) is 6.16 Å². The minimum atomic E-state index is -3.77. The first-order valence-electron chi connectivity index (χ1n) is 11.3. The molecule has 0 saturated carbocycles. The van der Waals surface area contributed by atoms with Crippen molar-refractivity contribution >= 4 is 35.6 Å². The molecule has 0 saturated heterocycles. The van der Waals surface area contributed by atoms with E-state index >= 15 is 0 Å². The second-order valence-corrected chi connectivity index (χ2v) is 13.0. The Labute approximate surface area is 237 Å². The van der Waals surface area contributed by atoms with Gasteiger partial charge in [-0.1, -0.05) is 72.8 Å². The number of halogens is 2. The SMILES string of the molecule is O=P([CH-]CCP(=O)(Oc1ccccc1)Oc1ccccc1)(Oc1ccccc1)Oc1ccccc1.[Cl][Ni+][Cl]. The van der Waals surface area contributed by atoms with Crippen molar-refractivity contribution in [1.29, 1.82) is 0 Å². The van der Waals surface area contributed by atoms with Crippen LogP contribution in [0.5, 0.6) is 23.0 Å². The molecule has 0 atom stereocenters. The van der Waals surface area contributed by atoms with E-state index in [1.54, 1.807) is 97.1 Å². The first kappa shape index (κ1) is 30.2. The van der Waals surface area contributed by atoms with E-state index in [4.69, 9.17) is 38.5 Å². The topological polar surface area (TPSA) is 71.1 Å². The Kier molecular flexibility index (Phi) is 12.6. The molecule has 0 spiro atoms. The Hall–Kier alpha value is -2.39. The van der Waals surface area contributed by atoms with Crippen molar-refractivity contribution in [2.45, 2.75) is 6.42 Å². The summed E-state index contributed by atoms with van der Waals surface area (Å²) in [4.78, 5) is 0. The molecule has 0 aromatic heterocycles. The van der Waals surface area contributed by atoms with Gasteiger partial charge >= 0.3 is 40.6 Å². The van der Waals surface area contributed by atoms with Crippen LogP contribution in [0.25, 0.3) is 0 Å². The van der Waals surface area contributed by atoms with Gasteiger partial charge < -0.3 is 18.1 Å². The molecule has 4 aromatic rings. The van der Waals surface area contributed by atoms with Gasteiger partial charge in [-0.15, -0.1) is 0 Å². The summed E-state index contributed by atoms with van der Waals surface area (Å²) in [6.07, 6.45) is 1.45. The molecular formula is C27H25Cl2NiO6P2. The molecule has 11 heteroatoms. The van der Waals surface area contributed by atoms with E-state index in [1.807, 2.05) is 24.3 Å². The van der Waals surface area contributed by atoms with Crippen molar-refractivity contribution in [3.05, 3.63) is 127 Å².